The summed E-state index contributed by atoms with van der Waals surface area (Å²) in [5, 5.41) is 3.14. The molecule has 18 heavy (non-hydrogen) atoms. The Kier molecular flexibility index (Phi) is 6.94. The molecule has 0 bridgehead atoms. The molecule has 0 unspecified atom stereocenters. The number of thioether (sulfide) groups is 1. The number of nitrogens with one attached hydrogen (secondary N) is 1. The van der Waals surface area contributed by atoms with Gasteiger partial charge < -0.3 is 10.1 Å². The number of carbonyl (C=O) groups excluding carboxylic acids is 1. The summed E-state index contributed by atoms with van der Waals surface area (Å²) in [6.07, 6.45) is 3.53. The minimum Gasteiger partial charge on any atom is -0.462 e. The third-order valence-corrected chi connectivity index (χ3v) is 3.04. The van der Waals surface area contributed by atoms with E-state index in [1.54, 1.807) is 37.0 Å². The van der Waals surface area contributed by atoms with Crippen LogP contribution in [0.5, 0.6) is 0 Å². The lowest BCUT2D eigenvalue weighted by Gasteiger charge is -2.09. The predicted octanol–water partition coefficient (Wildman–Crippen LogP) is 2.59. The summed E-state index contributed by atoms with van der Waals surface area (Å²) in [5.41, 5.74) is 0.480. The van der Waals surface area contributed by atoms with Crippen molar-refractivity contribution in [1.29, 1.82) is 0 Å². The first kappa shape index (κ1) is 14.6. The maximum absolute atomic E-state index is 11.7. The first-order valence-corrected chi connectivity index (χ1v) is 6.99. The second kappa shape index (κ2) is 8.58. The molecule has 5 heteroatoms. The van der Waals surface area contributed by atoms with Crippen LogP contribution in [0.15, 0.2) is 31.0 Å². The Morgan fingerprint density at radius 1 is 1.67 bits per heavy atom. The Balaban J connectivity index is 2.53. The van der Waals surface area contributed by atoms with Gasteiger partial charge in [0.15, 0.2) is 0 Å². The van der Waals surface area contributed by atoms with Gasteiger partial charge in [0.05, 0.1) is 6.61 Å². The van der Waals surface area contributed by atoms with E-state index >= 15 is 0 Å². The largest absolute Gasteiger partial charge is 0.462 e. The molecule has 0 fully saturated rings. The SMILES string of the molecule is C=CCSCCNc1ncccc1C(=O)OCC. The first-order chi connectivity index (χ1) is 8.79. The van der Waals surface area contributed by atoms with E-state index in [2.05, 4.69) is 16.9 Å². The van der Waals surface area contributed by atoms with Crippen LogP contribution in [0.2, 0.25) is 0 Å². The summed E-state index contributed by atoms with van der Waals surface area (Å²) >= 11 is 1.77. The second-order valence-corrected chi connectivity index (χ2v) is 4.56. The van der Waals surface area contributed by atoms with E-state index in [1.165, 1.54) is 0 Å². The fourth-order valence-corrected chi connectivity index (χ4v) is 1.91. The molecule has 0 aliphatic heterocycles. The third-order valence-electron chi connectivity index (χ3n) is 2.08. The fraction of sp³-hybridized carbons (Fsp3) is 0.385. The molecule has 1 rings (SSSR count). The molecular formula is C13H18N2O2S. The van der Waals surface area contributed by atoms with E-state index in [0.29, 0.717) is 18.0 Å². The van der Waals surface area contributed by atoms with Crippen LogP contribution >= 0.6 is 11.8 Å². The van der Waals surface area contributed by atoms with Crippen molar-refractivity contribution in [2.45, 2.75) is 6.92 Å². The normalized spacial score (nSPS) is 9.83. The van der Waals surface area contributed by atoms with E-state index in [4.69, 9.17) is 4.74 Å². The average Bonchev–Trinajstić information content (AvgIpc) is 2.39. The lowest BCUT2D eigenvalue weighted by Crippen LogP contribution is -2.13. The summed E-state index contributed by atoms with van der Waals surface area (Å²) in [5.74, 6) is 2.10. The van der Waals surface area contributed by atoms with Crippen LogP contribution in [-0.2, 0) is 4.74 Å². The number of hydrogen-bond acceptors (Lipinski definition) is 5. The van der Waals surface area contributed by atoms with E-state index in [1.807, 2.05) is 6.08 Å². The molecule has 0 aliphatic carbocycles. The van der Waals surface area contributed by atoms with Crippen LogP contribution in [0, 0.1) is 0 Å². The number of carbonyl (C=O) groups is 1. The Labute approximate surface area is 112 Å². The number of esters is 1. The van der Waals surface area contributed by atoms with Crippen molar-refractivity contribution in [1.82, 2.24) is 4.98 Å². The standard InChI is InChI=1S/C13H18N2O2S/c1-3-9-18-10-8-15-12-11(6-5-7-14-12)13(16)17-4-2/h3,5-7H,1,4,8-10H2,2H3,(H,14,15). The van der Waals surface area contributed by atoms with Crippen molar-refractivity contribution in [3.05, 3.63) is 36.5 Å². The molecule has 1 heterocycles. The summed E-state index contributed by atoms with van der Waals surface area (Å²) in [6.45, 7) is 6.56. The zero-order valence-corrected chi connectivity index (χ0v) is 11.3. The molecule has 0 spiro atoms. The quantitative estimate of drug-likeness (QED) is 0.445. The zero-order valence-electron chi connectivity index (χ0n) is 10.5. The topological polar surface area (TPSA) is 51.2 Å². The van der Waals surface area contributed by atoms with Gasteiger partial charge in [0.2, 0.25) is 0 Å². The number of ether oxygens (including phenoxy) is 1. The maximum atomic E-state index is 11.7. The molecule has 1 aromatic heterocycles. The van der Waals surface area contributed by atoms with E-state index < -0.39 is 0 Å². The molecule has 1 aromatic rings. The Hall–Kier alpha value is -1.49. The van der Waals surface area contributed by atoms with Gasteiger partial charge in [-0.3, -0.25) is 0 Å². The van der Waals surface area contributed by atoms with Gasteiger partial charge in [-0.15, -0.1) is 6.58 Å². The number of rotatable bonds is 8. The van der Waals surface area contributed by atoms with Gasteiger partial charge >= 0.3 is 5.97 Å². The Morgan fingerprint density at radius 2 is 2.50 bits per heavy atom. The molecule has 0 saturated heterocycles. The highest BCUT2D eigenvalue weighted by atomic mass is 32.2. The molecule has 98 valence electrons. The average molecular weight is 266 g/mol. The smallest absolute Gasteiger partial charge is 0.341 e. The Bertz CT molecular complexity index is 396. The molecule has 0 atom stereocenters. The van der Waals surface area contributed by atoms with Gasteiger partial charge in [-0.1, -0.05) is 6.08 Å². The van der Waals surface area contributed by atoms with Crippen LogP contribution < -0.4 is 5.32 Å². The molecule has 0 radical (unpaired) electrons. The van der Waals surface area contributed by atoms with E-state index in [9.17, 15) is 4.79 Å². The molecule has 1 N–H and O–H groups in total. The minimum atomic E-state index is -0.341. The molecule has 4 nitrogen and oxygen atoms in total. The van der Waals surface area contributed by atoms with Crippen LogP contribution in [-0.4, -0.2) is 35.6 Å². The molecular weight excluding hydrogens is 248 g/mol. The monoisotopic (exact) mass is 266 g/mol. The van der Waals surface area contributed by atoms with Crippen molar-refractivity contribution < 1.29 is 9.53 Å². The fourth-order valence-electron chi connectivity index (χ4n) is 1.33. The first-order valence-electron chi connectivity index (χ1n) is 5.84. The lowest BCUT2D eigenvalue weighted by molar-refractivity contribution is 0.0527. The summed E-state index contributed by atoms with van der Waals surface area (Å²) in [6, 6.07) is 3.44. The number of nitrogens with zero attached hydrogens (tertiary/aromatic N) is 1. The van der Waals surface area contributed by atoms with Crippen LogP contribution in [0.25, 0.3) is 0 Å². The second-order valence-electron chi connectivity index (χ2n) is 3.41. The van der Waals surface area contributed by atoms with Crippen LogP contribution in [0.3, 0.4) is 0 Å². The van der Waals surface area contributed by atoms with Crippen LogP contribution in [0.1, 0.15) is 17.3 Å². The molecule has 0 aliphatic rings. The molecule has 0 amide bonds. The van der Waals surface area contributed by atoms with Crippen molar-refractivity contribution in [2.24, 2.45) is 0 Å². The number of hydrogen-bond donors (Lipinski definition) is 1. The Morgan fingerprint density at radius 3 is 3.22 bits per heavy atom. The van der Waals surface area contributed by atoms with Gasteiger partial charge in [0, 0.05) is 24.2 Å². The summed E-state index contributed by atoms with van der Waals surface area (Å²) < 4.78 is 4.98. The maximum Gasteiger partial charge on any atom is 0.341 e. The number of pyridine rings is 1. The molecule has 0 saturated carbocycles. The van der Waals surface area contributed by atoms with Gasteiger partial charge in [-0.2, -0.15) is 11.8 Å². The van der Waals surface area contributed by atoms with Gasteiger partial charge in [0.1, 0.15) is 11.4 Å². The van der Waals surface area contributed by atoms with Crippen molar-refractivity contribution in [3.63, 3.8) is 0 Å². The van der Waals surface area contributed by atoms with Crippen LogP contribution in [0.4, 0.5) is 5.82 Å². The highest BCUT2D eigenvalue weighted by Crippen LogP contribution is 2.13. The summed E-state index contributed by atoms with van der Waals surface area (Å²) in [7, 11) is 0. The highest BCUT2D eigenvalue weighted by Gasteiger charge is 2.12. The summed E-state index contributed by atoms with van der Waals surface area (Å²) in [4.78, 5) is 15.8. The number of anilines is 1. The van der Waals surface area contributed by atoms with Crippen molar-refractivity contribution in [2.75, 3.05) is 30.0 Å². The van der Waals surface area contributed by atoms with E-state index in [-0.39, 0.29) is 5.97 Å². The zero-order chi connectivity index (χ0) is 13.2. The van der Waals surface area contributed by atoms with Gasteiger partial charge in [-0.25, -0.2) is 9.78 Å². The van der Waals surface area contributed by atoms with Crippen molar-refractivity contribution >= 4 is 23.5 Å². The predicted molar refractivity (Wildman–Crippen MR) is 76.2 cm³/mol. The number of aromatic nitrogens is 1. The van der Waals surface area contributed by atoms with Gasteiger partial charge in [0.25, 0.3) is 0 Å². The van der Waals surface area contributed by atoms with Gasteiger partial charge in [-0.05, 0) is 19.1 Å². The minimum absolute atomic E-state index is 0.341. The third kappa shape index (κ3) is 4.79. The lowest BCUT2D eigenvalue weighted by atomic mass is 10.2. The van der Waals surface area contributed by atoms with E-state index in [0.717, 1.165) is 18.1 Å². The van der Waals surface area contributed by atoms with Crippen molar-refractivity contribution in [3.8, 4) is 0 Å². The molecule has 0 aromatic carbocycles. The highest BCUT2D eigenvalue weighted by molar-refractivity contribution is 7.99.